The van der Waals surface area contributed by atoms with Gasteiger partial charge in [0.1, 0.15) is 0 Å². The van der Waals surface area contributed by atoms with Crippen LogP contribution in [0.4, 0.5) is 0 Å². The molecule has 136 valence electrons. The summed E-state index contributed by atoms with van der Waals surface area (Å²) in [6, 6.07) is 19.0. The van der Waals surface area contributed by atoms with Crippen LogP contribution < -0.4 is 0 Å². The van der Waals surface area contributed by atoms with Crippen LogP contribution in [0, 0.1) is 6.92 Å². The molecule has 1 aromatic heterocycles. The Labute approximate surface area is 156 Å². The number of nitrogens with zero attached hydrogens (tertiary/aromatic N) is 1. The van der Waals surface area contributed by atoms with Gasteiger partial charge in [0, 0.05) is 10.8 Å². The van der Waals surface area contributed by atoms with E-state index in [2.05, 4.69) is 0 Å². The summed E-state index contributed by atoms with van der Waals surface area (Å²) in [6.07, 6.45) is 0. The van der Waals surface area contributed by atoms with Crippen molar-refractivity contribution < 1.29 is 17.9 Å². The number of hydrogen-bond acceptors (Lipinski definition) is 4. The molecule has 0 spiro atoms. The van der Waals surface area contributed by atoms with Crippen LogP contribution in [-0.4, -0.2) is 25.5 Å². The first-order chi connectivity index (χ1) is 12.9. The van der Waals surface area contributed by atoms with Crippen molar-refractivity contribution in [1.82, 2.24) is 3.97 Å². The van der Waals surface area contributed by atoms with Gasteiger partial charge in [-0.05, 0) is 42.8 Å². The normalized spacial score (nSPS) is 11.8. The fourth-order valence-corrected chi connectivity index (χ4v) is 4.91. The second kappa shape index (κ2) is 6.25. The fourth-order valence-electron chi connectivity index (χ4n) is 3.37. The van der Waals surface area contributed by atoms with Crippen LogP contribution in [0.2, 0.25) is 0 Å². The Morgan fingerprint density at radius 2 is 1.56 bits per heavy atom. The number of carbonyl (C=O) groups is 1. The van der Waals surface area contributed by atoms with E-state index in [1.165, 1.54) is 11.1 Å². The summed E-state index contributed by atoms with van der Waals surface area (Å²) in [5.74, 6) is -0.447. The monoisotopic (exact) mass is 379 g/mol. The fraction of sp³-hybridized carbons (Fsp3) is 0.0952. The molecule has 0 aliphatic carbocycles. The highest BCUT2D eigenvalue weighted by Gasteiger charge is 2.24. The Morgan fingerprint density at radius 1 is 0.889 bits per heavy atom. The van der Waals surface area contributed by atoms with Crippen molar-refractivity contribution >= 4 is 37.8 Å². The third-order valence-electron chi connectivity index (χ3n) is 4.66. The SMILES string of the molecule is COC(=O)c1cc2c3ccccc3n(S(=O)(=O)c3ccccc3)c2cc1C. The second-order valence-electron chi connectivity index (χ2n) is 6.28. The first-order valence-electron chi connectivity index (χ1n) is 8.38. The van der Waals surface area contributed by atoms with Crippen molar-refractivity contribution in [2.45, 2.75) is 11.8 Å². The minimum absolute atomic E-state index is 0.211. The Balaban J connectivity index is 2.15. The Morgan fingerprint density at radius 3 is 2.26 bits per heavy atom. The molecule has 0 aliphatic rings. The molecule has 0 aliphatic heterocycles. The number of hydrogen-bond donors (Lipinski definition) is 0. The third-order valence-corrected chi connectivity index (χ3v) is 6.40. The molecule has 6 heteroatoms. The molecule has 0 saturated heterocycles. The second-order valence-corrected chi connectivity index (χ2v) is 8.06. The van der Waals surface area contributed by atoms with E-state index in [0.717, 1.165) is 5.39 Å². The van der Waals surface area contributed by atoms with E-state index in [1.54, 1.807) is 61.5 Å². The minimum atomic E-state index is -3.80. The van der Waals surface area contributed by atoms with E-state index in [9.17, 15) is 13.2 Å². The molecule has 0 N–H and O–H groups in total. The molecule has 3 aromatic carbocycles. The molecule has 5 nitrogen and oxygen atoms in total. The summed E-state index contributed by atoms with van der Waals surface area (Å²) in [5.41, 5.74) is 2.18. The average Bonchev–Trinajstić information content (AvgIpc) is 3.01. The summed E-state index contributed by atoms with van der Waals surface area (Å²) in [6.45, 7) is 1.77. The van der Waals surface area contributed by atoms with E-state index < -0.39 is 16.0 Å². The lowest BCUT2D eigenvalue weighted by Crippen LogP contribution is -2.13. The smallest absolute Gasteiger partial charge is 0.338 e. The lowest BCUT2D eigenvalue weighted by Gasteiger charge is -2.10. The predicted octanol–water partition coefficient (Wildman–Crippen LogP) is 4.13. The van der Waals surface area contributed by atoms with E-state index in [-0.39, 0.29) is 4.90 Å². The molecule has 4 aromatic rings. The van der Waals surface area contributed by atoms with Gasteiger partial charge in [0.25, 0.3) is 10.0 Å². The highest BCUT2D eigenvalue weighted by molar-refractivity contribution is 7.90. The highest BCUT2D eigenvalue weighted by atomic mass is 32.2. The molecule has 1 heterocycles. The molecule has 0 unspecified atom stereocenters. The van der Waals surface area contributed by atoms with Crippen LogP contribution >= 0.6 is 0 Å². The van der Waals surface area contributed by atoms with Gasteiger partial charge in [-0.15, -0.1) is 0 Å². The molecule has 0 amide bonds. The maximum atomic E-state index is 13.4. The number of aromatic nitrogens is 1. The minimum Gasteiger partial charge on any atom is -0.465 e. The number of fused-ring (bicyclic) bond motifs is 3. The van der Waals surface area contributed by atoms with Gasteiger partial charge < -0.3 is 4.74 Å². The average molecular weight is 379 g/mol. The molecule has 0 saturated carbocycles. The maximum Gasteiger partial charge on any atom is 0.338 e. The summed E-state index contributed by atoms with van der Waals surface area (Å²) >= 11 is 0. The largest absolute Gasteiger partial charge is 0.465 e. The number of carbonyl (C=O) groups excluding carboxylic acids is 1. The van der Waals surface area contributed by atoms with Gasteiger partial charge in [-0.25, -0.2) is 17.2 Å². The van der Waals surface area contributed by atoms with Crippen molar-refractivity contribution in [2.24, 2.45) is 0 Å². The predicted molar refractivity (Wildman–Crippen MR) is 105 cm³/mol. The first kappa shape index (κ1) is 17.3. The zero-order chi connectivity index (χ0) is 19.2. The zero-order valence-electron chi connectivity index (χ0n) is 14.8. The van der Waals surface area contributed by atoms with Crippen LogP contribution in [0.15, 0.2) is 71.6 Å². The van der Waals surface area contributed by atoms with Crippen LogP contribution in [0.5, 0.6) is 0 Å². The number of methoxy groups -OCH3 is 1. The molecule has 0 fully saturated rings. The molecule has 4 rings (SSSR count). The van der Waals surface area contributed by atoms with Crippen molar-refractivity contribution in [3.63, 3.8) is 0 Å². The number of aryl methyl sites for hydroxylation is 1. The Kier molecular flexibility index (Phi) is 4.00. The molecule has 0 atom stereocenters. The number of para-hydroxylation sites is 1. The quantitative estimate of drug-likeness (QED) is 0.502. The van der Waals surface area contributed by atoms with Gasteiger partial charge in [-0.2, -0.15) is 0 Å². The van der Waals surface area contributed by atoms with Crippen molar-refractivity contribution in [2.75, 3.05) is 7.11 Å². The van der Waals surface area contributed by atoms with Gasteiger partial charge in [-0.3, -0.25) is 0 Å². The number of esters is 1. The third kappa shape index (κ3) is 2.61. The standard InChI is InChI=1S/C21H17NO4S/c1-14-12-20-18(13-17(14)21(23)26-2)16-10-6-7-11-19(16)22(20)27(24,25)15-8-4-3-5-9-15/h3-13H,1-2H3. The summed E-state index contributed by atoms with van der Waals surface area (Å²) in [7, 11) is -2.48. The van der Waals surface area contributed by atoms with Gasteiger partial charge in [-0.1, -0.05) is 36.4 Å². The molecular weight excluding hydrogens is 362 g/mol. The van der Waals surface area contributed by atoms with Gasteiger partial charge in [0.2, 0.25) is 0 Å². The Hall–Kier alpha value is -3.12. The van der Waals surface area contributed by atoms with Crippen LogP contribution in [-0.2, 0) is 14.8 Å². The van der Waals surface area contributed by atoms with E-state index in [1.807, 2.05) is 12.1 Å². The summed E-state index contributed by atoms with van der Waals surface area (Å²) < 4.78 is 33.0. The van der Waals surface area contributed by atoms with Crippen molar-refractivity contribution in [1.29, 1.82) is 0 Å². The van der Waals surface area contributed by atoms with Crippen LogP contribution in [0.1, 0.15) is 15.9 Å². The molecule has 27 heavy (non-hydrogen) atoms. The number of rotatable bonds is 3. The lowest BCUT2D eigenvalue weighted by molar-refractivity contribution is 0.0600. The zero-order valence-corrected chi connectivity index (χ0v) is 15.7. The topological polar surface area (TPSA) is 65.4 Å². The van der Waals surface area contributed by atoms with E-state index >= 15 is 0 Å². The van der Waals surface area contributed by atoms with E-state index in [4.69, 9.17) is 4.74 Å². The molecular formula is C21H17NO4S. The summed E-state index contributed by atoms with van der Waals surface area (Å²) in [5, 5.41) is 1.45. The molecule has 0 radical (unpaired) electrons. The molecule has 0 bridgehead atoms. The van der Waals surface area contributed by atoms with Crippen molar-refractivity contribution in [3.8, 4) is 0 Å². The van der Waals surface area contributed by atoms with Crippen LogP contribution in [0.3, 0.4) is 0 Å². The van der Waals surface area contributed by atoms with E-state index in [0.29, 0.717) is 27.5 Å². The van der Waals surface area contributed by atoms with Gasteiger partial charge >= 0.3 is 5.97 Å². The highest BCUT2D eigenvalue weighted by Crippen LogP contribution is 2.34. The Bertz CT molecular complexity index is 1290. The summed E-state index contributed by atoms with van der Waals surface area (Å²) in [4.78, 5) is 12.3. The lowest BCUT2D eigenvalue weighted by atomic mass is 10.0. The van der Waals surface area contributed by atoms with Crippen molar-refractivity contribution in [3.05, 3.63) is 77.9 Å². The first-order valence-corrected chi connectivity index (χ1v) is 9.82. The number of benzene rings is 3. The number of ether oxygens (including phenoxy) is 1. The van der Waals surface area contributed by atoms with Gasteiger partial charge in [0.15, 0.2) is 0 Å². The van der Waals surface area contributed by atoms with Gasteiger partial charge in [0.05, 0.1) is 28.6 Å². The maximum absolute atomic E-state index is 13.4. The van der Waals surface area contributed by atoms with Crippen LogP contribution in [0.25, 0.3) is 21.8 Å².